The Morgan fingerprint density at radius 1 is 0.932 bits per heavy atom. The minimum absolute atomic E-state index is 0.0943. The van der Waals surface area contributed by atoms with E-state index in [0.717, 1.165) is 12.0 Å². The van der Waals surface area contributed by atoms with Crippen LogP contribution in [0.25, 0.3) is 0 Å². The van der Waals surface area contributed by atoms with E-state index in [1.165, 1.54) is 16.8 Å². The summed E-state index contributed by atoms with van der Waals surface area (Å²) in [6, 6.07) is 7.96. The summed E-state index contributed by atoms with van der Waals surface area (Å²) >= 11 is 0. The van der Waals surface area contributed by atoms with Gasteiger partial charge in [0.15, 0.2) is 6.23 Å². The molecule has 2 fully saturated rings. The fourth-order valence-electron chi connectivity index (χ4n) is 6.48. The van der Waals surface area contributed by atoms with Crippen molar-refractivity contribution in [2.45, 2.75) is 122 Å². The summed E-state index contributed by atoms with van der Waals surface area (Å²) in [4.78, 5) is 40.3. The Morgan fingerprint density at radius 2 is 1.52 bits per heavy atom. The highest BCUT2D eigenvalue weighted by molar-refractivity contribution is 6.84. The monoisotopic (exact) mass is 646 g/mol. The molecule has 3 heterocycles. The highest BCUT2D eigenvalue weighted by Crippen LogP contribution is 2.48. The van der Waals surface area contributed by atoms with Crippen LogP contribution in [0.15, 0.2) is 46.1 Å². The molecule has 10 nitrogen and oxygen atoms in total. The van der Waals surface area contributed by atoms with Crippen LogP contribution in [0.4, 0.5) is 0 Å². The minimum Gasteiger partial charge on any atom is -0.414 e. The van der Waals surface area contributed by atoms with Crippen LogP contribution in [0.2, 0.25) is 22.2 Å². The third kappa shape index (κ3) is 6.27. The number of aromatic nitrogens is 2. The highest BCUT2D eigenvalue weighted by atomic mass is 28.5. The number of fused-ring (bicyclic) bond motifs is 1. The number of hydrogen-bond donors (Lipinski definition) is 0. The second kappa shape index (κ2) is 13.7. The van der Waals surface area contributed by atoms with Gasteiger partial charge in [0.05, 0.1) is 6.61 Å². The van der Waals surface area contributed by atoms with Gasteiger partial charge < -0.3 is 22.4 Å². The maximum absolute atomic E-state index is 13.9. The van der Waals surface area contributed by atoms with Gasteiger partial charge in [-0.25, -0.2) is 4.79 Å². The van der Waals surface area contributed by atoms with Crippen molar-refractivity contribution in [1.29, 1.82) is 0 Å². The third-order valence-corrected chi connectivity index (χ3v) is 19.2. The van der Waals surface area contributed by atoms with Gasteiger partial charge in [0.1, 0.15) is 18.3 Å². The number of aryl methyl sites for hydroxylation is 1. The van der Waals surface area contributed by atoms with Gasteiger partial charge in [-0.3, -0.25) is 14.2 Å². The van der Waals surface area contributed by atoms with E-state index in [4.69, 9.17) is 22.4 Å². The highest BCUT2D eigenvalue weighted by Gasteiger charge is 2.62. The largest absolute Gasteiger partial charge is 0.414 e. The fourth-order valence-corrected chi connectivity index (χ4v) is 17.7. The van der Waals surface area contributed by atoms with Gasteiger partial charge in [-0.05, 0) is 47.6 Å². The van der Waals surface area contributed by atoms with Crippen LogP contribution in [-0.4, -0.2) is 63.7 Å². The lowest BCUT2D eigenvalue weighted by molar-refractivity contribution is -0.0734. The van der Waals surface area contributed by atoms with Crippen molar-refractivity contribution >= 4 is 23.0 Å². The van der Waals surface area contributed by atoms with E-state index in [0.29, 0.717) is 11.2 Å². The van der Waals surface area contributed by atoms with Crippen LogP contribution in [0, 0.1) is 6.92 Å². The molecule has 0 spiro atoms. The molecule has 0 radical (unpaired) electrons. The van der Waals surface area contributed by atoms with Gasteiger partial charge in [-0.1, -0.05) is 80.0 Å². The van der Waals surface area contributed by atoms with Crippen LogP contribution < -0.4 is 11.2 Å². The number of hydrogen-bond acceptors (Lipinski definition) is 8. The Labute approximate surface area is 263 Å². The summed E-state index contributed by atoms with van der Waals surface area (Å²) in [6.07, 6.45) is -0.689. The second-order valence-electron chi connectivity index (χ2n) is 13.3. The lowest BCUT2D eigenvalue weighted by Crippen LogP contribution is -2.66. The first kappa shape index (κ1) is 34.7. The Morgan fingerprint density at radius 3 is 2.07 bits per heavy atom. The molecule has 2 aliphatic heterocycles. The van der Waals surface area contributed by atoms with Gasteiger partial charge >= 0.3 is 22.8 Å². The van der Waals surface area contributed by atoms with Crippen LogP contribution >= 0.6 is 0 Å². The Bertz CT molecular complexity index is 1400. The minimum atomic E-state index is -3.00. The molecule has 0 N–H and O–H groups in total. The summed E-state index contributed by atoms with van der Waals surface area (Å²) in [6.45, 7) is 21.7. The lowest BCUT2D eigenvalue weighted by atomic mass is 10.1. The molecule has 4 rings (SSSR count). The summed E-state index contributed by atoms with van der Waals surface area (Å²) < 4.78 is 36.4. The average molecular weight is 647 g/mol. The second-order valence-corrected chi connectivity index (χ2v) is 22.2. The van der Waals surface area contributed by atoms with Crippen LogP contribution in [0.3, 0.4) is 0 Å². The third-order valence-electron chi connectivity index (χ3n) is 8.92. The molecule has 1 aromatic carbocycles. The van der Waals surface area contributed by atoms with Crippen molar-refractivity contribution in [3.05, 3.63) is 68.5 Å². The molecule has 2 aliphatic rings. The molecular weight excluding hydrogens is 597 g/mol. The van der Waals surface area contributed by atoms with Crippen molar-refractivity contribution in [3.63, 3.8) is 0 Å². The maximum atomic E-state index is 13.9. The summed E-state index contributed by atoms with van der Waals surface area (Å²) in [5, 5.41) is 0. The fraction of sp³-hybridized carbons (Fsp3) is 0.656. The molecule has 4 atom stereocenters. The first-order valence-electron chi connectivity index (χ1n) is 15.9. The molecule has 12 heteroatoms. The van der Waals surface area contributed by atoms with E-state index in [1.807, 2.05) is 13.8 Å². The topological polar surface area (TPSA) is 107 Å². The van der Waals surface area contributed by atoms with Crippen LogP contribution in [-0.2, 0) is 22.4 Å². The van der Waals surface area contributed by atoms with E-state index < -0.39 is 58.8 Å². The quantitative estimate of drug-likeness (QED) is 0.322. The van der Waals surface area contributed by atoms with Crippen molar-refractivity contribution < 1.29 is 27.2 Å². The van der Waals surface area contributed by atoms with Crippen LogP contribution in [0.5, 0.6) is 0 Å². The van der Waals surface area contributed by atoms with Gasteiger partial charge in [0.25, 0.3) is 11.5 Å². The van der Waals surface area contributed by atoms with E-state index in [9.17, 15) is 14.4 Å². The molecule has 2 aromatic rings. The average Bonchev–Trinajstić information content (AvgIpc) is 3.27. The van der Waals surface area contributed by atoms with Gasteiger partial charge in [0, 0.05) is 24.4 Å². The van der Waals surface area contributed by atoms with Gasteiger partial charge in [-0.15, -0.1) is 0 Å². The van der Waals surface area contributed by atoms with E-state index in [2.05, 4.69) is 55.4 Å². The zero-order chi connectivity index (χ0) is 32.6. The number of nitrogens with zero attached hydrogens (tertiary/aromatic N) is 2. The van der Waals surface area contributed by atoms with Crippen LogP contribution in [0.1, 0.15) is 90.9 Å². The summed E-state index contributed by atoms with van der Waals surface area (Å²) in [5.41, 5.74) is 0.200. The van der Waals surface area contributed by atoms with Gasteiger partial charge in [0.2, 0.25) is 0 Å². The number of benzene rings is 1. The standard InChI is InChI=1S/C32H50N2O8Si2/c1-11-18-38-29-28-26(19-39-43(20(2)3,21(4)5)42-44(41-28,22(6)7)23(8)9)40-31(29)33-17-16-27(35)34(32(33)37)30(36)25-14-12-24(10)13-15-25/h12-17,20-23,26,28-29,31H,11,18-19H2,1-10H3/t26-,28-,29-,31-/m1/s1. The van der Waals surface area contributed by atoms with E-state index >= 15 is 0 Å². The SMILES string of the molecule is CCCO[C@@H]1[C@@H]2O[Si](C(C)C)(C(C)C)O[Si](C(C)C)(C(C)C)OC[C@H]2O[C@H]1n1ccc(=O)n(C(=O)c2ccc(C)cc2)c1=O. The molecule has 1 aromatic heterocycles. The number of ether oxygens (including phenoxy) is 2. The summed E-state index contributed by atoms with van der Waals surface area (Å²) in [7, 11) is -5.81. The molecule has 0 aliphatic carbocycles. The Kier molecular flexibility index (Phi) is 10.8. The zero-order valence-electron chi connectivity index (χ0n) is 27.9. The van der Waals surface area contributed by atoms with E-state index in [1.54, 1.807) is 24.3 Å². The first-order chi connectivity index (χ1) is 20.7. The number of rotatable bonds is 9. The first-order valence-corrected chi connectivity index (χ1v) is 19.9. The molecule has 0 saturated carbocycles. The van der Waals surface area contributed by atoms with E-state index in [-0.39, 0.29) is 34.3 Å². The number of carbonyl (C=O) groups is 1. The van der Waals surface area contributed by atoms with Crippen molar-refractivity contribution in [3.8, 4) is 0 Å². The lowest BCUT2D eigenvalue weighted by Gasteiger charge is -2.51. The predicted molar refractivity (Wildman–Crippen MR) is 174 cm³/mol. The molecule has 2 saturated heterocycles. The molecular formula is C32H50N2O8Si2. The Hall–Kier alpha value is -2.20. The normalized spacial score (nSPS) is 25.0. The maximum Gasteiger partial charge on any atom is 0.340 e. The summed E-state index contributed by atoms with van der Waals surface area (Å²) in [5.74, 6) is -0.701. The number of carbonyl (C=O) groups excluding carboxylic acids is 1. The van der Waals surface area contributed by atoms with Crippen molar-refractivity contribution in [2.24, 2.45) is 0 Å². The smallest absolute Gasteiger partial charge is 0.340 e. The zero-order valence-corrected chi connectivity index (χ0v) is 29.9. The van der Waals surface area contributed by atoms with Crippen molar-refractivity contribution in [1.82, 2.24) is 9.13 Å². The van der Waals surface area contributed by atoms with Gasteiger partial charge in [-0.2, -0.15) is 4.57 Å². The molecule has 44 heavy (non-hydrogen) atoms. The molecule has 0 bridgehead atoms. The van der Waals surface area contributed by atoms with Crippen molar-refractivity contribution in [2.75, 3.05) is 13.2 Å². The molecule has 0 unspecified atom stereocenters. The predicted octanol–water partition coefficient (Wildman–Crippen LogP) is 5.66. The molecule has 244 valence electrons. The Balaban J connectivity index is 1.84. The molecule has 0 amide bonds.